The SMILES string of the molecule is CC(C)CN1C(=O)N(Cc2ccccc2)C(=O)[C@@H]1Cc1ccc(C(=N)N)cc1. The van der Waals surface area contributed by atoms with Gasteiger partial charge in [0, 0.05) is 18.5 Å². The molecule has 0 unspecified atom stereocenters. The van der Waals surface area contributed by atoms with Crippen LogP contribution in [-0.2, 0) is 17.8 Å². The largest absolute Gasteiger partial charge is 0.384 e. The van der Waals surface area contributed by atoms with Crippen LogP contribution in [0.4, 0.5) is 4.79 Å². The Morgan fingerprint density at radius 1 is 1.04 bits per heavy atom. The van der Waals surface area contributed by atoms with E-state index < -0.39 is 6.04 Å². The number of benzene rings is 2. The molecule has 0 aliphatic carbocycles. The number of hydrogen-bond donors (Lipinski definition) is 2. The first-order valence-corrected chi connectivity index (χ1v) is 9.46. The van der Waals surface area contributed by atoms with Crippen molar-refractivity contribution in [1.82, 2.24) is 9.80 Å². The van der Waals surface area contributed by atoms with Crippen molar-refractivity contribution in [1.29, 1.82) is 5.41 Å². The Kier molecular flexibility index (Phi) is 5.78. The minimum absolute atomic E-state index is 0.00846. The predicted octanol–water partition coefficient (Wildman–Crippen LogP) is 3.00. The summed E-state index contributed by atoms with van der Waals surface area (Å²) in [7, 11) is 0. The number of nitrogens with one attached hydrogen (secondary N) is 1. The van der Waals surface area contributed by atoms with Gasteiger partial charge in [0.25, 0.3) is 5.91 Å². The molecular formula is C22H26N4O2. The number of nitrogen functional groups attached to an aromatic ring is 1. The van der Waals surface area contributed by atoms with Crippen LogP contribution in [0.3, 0.4) is 0 Å². The van der Waals surface area contributed by atoms with Crippen LogP contribution in [0.15, 0.2) is 54.6 Å². The summed E-state index contributed by atoms with van der Waals surface area (Å²) in [6.45, 7) is 4.89. The van der Waals surface area contributed by atoms with Crippen LogP contribution >= 0.6 is 0 Å². The Bertz CT molecular complexity index is 862. The van der Waals surface area contributed by atoms with E-state index in [1.54, 1.807) is 17.0 Å². The number of imide groups is 1. The molecule has 2 aromatic carbocycles. The Morgan fingerprint density at radius 3 is 2.25 bits per heavy atom. The van der Waals surface area contributed by atoms with Crippen molar-refractivity contribution >= 4 is 17.8 Å². The molecule has 2 aromatic rings. The molecular weight excluding hydrogens is 352 g/mol. The summed E-state index contributed by atoms with van der Waals surface area (Å²) >= 11 is 0. The molecule has 146 valence electrons. The summed E-state index contributed by atoms with van der Waals surface area (Å²) in [4.78, 5) is 29.1. The fourth-order valence-electron chi connectivity index (χ4n) is 3.45. The molecule has 1 fully saturated rings. The first-order chi connectivity index (χ1) is 13.4. The highest BCUT2D eigenvalue weighted by atomic mass is 16.2. The van der Waals surface area contributed by atoms with Crippen LogP contribution in [0.5, 0.6) is 0 Å². The third-order valence-electron chi connectivity index (χ3n) is 4.84. The molecule has 3 N–H and O–H groups in total. The minimum atomic E-state index is -0.512. The molecule has 1 aliphatic rings. The molecule has 0 radical (unpaired) electrons. The van der Waals surface area contributed by atoms with E-state index in [-0.39, 0.29) is 30.2 Å². The van der Waals surface area contributed by atoms with Crippen LogP contribution in [0.25, 0.3) is 0 Å². The Balaban J connectivity index is 1.83. The molecule has 0 saturated carbocycles. The monoisotopic (exact) mass is 378 g/mol. The third kappa shape index (κ3) is 4.22. The molecule has 1 aliphatic heterocycles. The standard InChI is InChI=1S/C22H26N4O2/c1-15(2)13-25-19(12-16-8-10-18(11-9-16)20(23)24)21(27)26(22(25)28)14-17-6-4-3-5-7-17/h3-11,15,19H,12-14H2,1-2H3,(H3,23,24)/t19-/m0/s1. The lowest BCUT2D eigenvalue weighted by Gasteiger charge is -2.23. The van der Waals surface area contributed by atoms with Gasteiger partial charge in [0.2, 0.25) is 0 Å². The quantitative estimate of drug-likeness (QED) is 0.441. The summed E-state index contributed by atoms with van der Waals surface area (Å²) < 4.78 is 0. The molecule has 1 heterocycles. The van der Waals surface area contributed by atoms with Crippen LogP contribution < -0.4 is 5.73 Å². The predicted molar refractivity (Wildman–Crippen MR) is 109 cm³/mol. The first-order valence-electron chi connectivity index (χ1n) is 9.46. The lowest BCUT2D eigenvalue weighted by atomic mass is 10.0. The molecule has 0 aromatic heterocycles. The molecule has 3 amide bonds. The maximum absolute atomic E-state index is 13.1. The zero-order valence-electron chi connectivity index (χ0n) is 16.3. The number of carbonyl (C=O) groups excluding carboxylic acids is 2. The van der Waals surface area contributed by atoms with E-state index in [4.69, 9.17) is 11.1 Å². The van der Waals surface area contributed by atoms with Gasteiger partial charge in [-0.05, 0) is 17.0 Å². The number of nitrogens with zero attached hydrogens (tertiary/aromatic N) is 2. The molecule has 1 saturated heterocycles. The first kappa shape index (κ1) is 19.6. The van der Waals surface area contributed by atoms with Gasteiger partial charge in [-0.1, -0.05) is 68.4 Å². The number of carbonyl (C=O) groups is 2. The lowest BCUT2D eigenvalue weighted by molar-refractivity contribution is -0.128. The second-order valence-corrected chi connectivity index (χ2v) is 7.57. The van der Waals surface area contributed by atoms with Crippen LogP contribution in [-0.4, -0.2) is 40.2 Å². The number of rotatable bonds is 7. The van der Waals surface area contributed by atoms with Crippen molar-refractivity contribution in [3.05, 3.63) is 71.3 Å². The second kappa shape index (κ2) is 8.25. The van der Waals surface area contributed by atoms with Crippen LogP contribution in [0.2, 0.25) is 0 Å². The van der Waals surface area contributed by atoms with Gasteiger partial charge < -0.3 is 10.6 Å². The number of urea groups is 1. The minimum Gasteiger partial charge on any atom is -0.384 e. The van der Waals surface area contributed by atoms with Crippen molar-refractivity contribution in [3.63, 3.8) is 0 Å². The summed E-state index contributed by atoms with van der Waals surface area (Å²) in [5, 5.41) is 7.49. The van der Waals surface area contributed by atoms with Crippen molar-refractivity contribution in [2.24, 2.45) is 11.7 Å². The van der Waals surface area contributed by atoms with E-state index in [0.29, 0.717) is 18.5 Å². The summed E-state index contributed by atoms with van der Waals surface area (Å²) in [6.07, 6.45) is 0.445. The highest BCUT2D eigenvalue weighted by Crippen LogP contribution is 2.24. The molecule has 0 spiro atoms. The van der Waals surface area contributed by atoms with Crippen LogP contribution in [0.1, 0.15) is 30.5 Å². The lowest BCUT2D eigenvalue weighted by Crippen LogP contribution is -2.39. The third-order valence-corrected chi connectivity index (χ3v) is 4.84. The van der Waals surface area contributed by atoms with E-state index in [9.17, 15) is 9.59 Å². The van der Waals surface area contributed by atoms with E-state index in [1.807, 2.05) is 56.3 Å². The Hall–Kier alpha value is -3.15. The van der Waals surface area contributed by atoms with Gasteiger partial charge in [-0.2, -0.15) is 0 Å². The number of amides is 3. The molecule has 1 atom stereocenters. The average molecular weight is 378 g/mol. The number of hydrogen-bond acceptors (Lipinski definition) is 3. The topological polar surface area (TPSA) is 90.5 Å². The van der Waals surface area contributed by atoms with Gasteiger partial charge in [-0.3, -0.25) is 15.1 Å². The highest BCUT2D eigenvalue weighted by molar-refractivity contribution is 6.04. The Labute approximate surface area is 165 Å². The zero-order valence-corrected chi connectivity index (χ0v) is 16.3. The zero-order chi connectivity index (χ0) is 20.3. The molecule has 6 heteroatoms. The maximum atomic E-state index is 13.1. The highest BCUT2D eigenvalue weighted by Gasteiger charge is 2.44. The van der Waals surface area contributed by atoms with Gasteiger partial charge in [0.1, 0.15) is 11.9 Å². The Morgan fingerprint density at radius 2 is 1.68 bits per heavy atom. The average Bonchev–Trinajstić information content (AvgIpc) is 2.87. The molecule has 0 bridgehead atoms. The maximum Gasteiger partial charge on any atom is 0.327 e. The molecule has 28 heavy (non-hydrogen) atoms. The number of nitrogens with two attached hydrogens (primary N) is 1. The smallest absolute Gasteiger partial charge is 0.327 e. The van der Waals surface area contributed by atoms with Crippen molar-refractivity contribution in [3.8, 4) is 0 Å². The molecule has 6 nitrogen and oxygen atoms in total. The fraction of sp³-hybridized carbons (Fsp3) is 0.318. The second-order valence-electron chi connectivity index (χ2n) is 7.57. The summed E-state index contributed by atoms with van der Waals surface area (Å²) in [5.74, 6) is 0.107. The summed E-state index contributed by atoms with van der Waals surface area (Å²) in [5.41, 5.74) is 8.01. The van der Waals surface area contributed by atoms with E-state index in [2.05, 4.69) is 0 Å². The van der Waals surface area contributed by atoms with E-state index in [1.165, 1.54) is 4.90 Å². The van der Waals surface area contributed by atoms with Gasteiger partial charge >= 0.3 is 6.03 Å². The fourth-order valence-corrected chi connectivity index (χ4v) is 3.45. The summed E-state index contributed by atoms with van der Waals surface area (Å²) in [6, 6.07) is 16.1. The van der Waals surface area contributed by atoms with Gasteiger partial charge in [0.05, 0.1) is 6.54 Å². The van der Waals surface area contributed by atoms with Gasteiger partial charge in [-0.15, -0.1) is 0 Å². The van der Waals surface area contributed by atoms with Crippen molar-refractivity contribution < 1.29 is 9.59 Å². The van der Waals surface area contributed by atoms with Crippen molar-refractivity contribution in [2.75, 3.05) is 6.54 Å². The normalized spacial score (nSPS) is 16.9. The van der Waals surface area contributed by atoms with Crippen LogP contribution in [0, 0.1) is 11.3 Å². The van der Waals surface area contributed by atoms with Gasteiger partial charge in [-0.25, -0.2) is 4.79 Å². The van der Waals surface area contributed by atoms with E-state index in [0.717, 1.165) is 11.1 Å². The van der Waals surface area contributed by atoms with E-state index >= 15 is 0 Å². The van der Waals surface area contributed by atoms with Crippen molar-refractivity contribution in [2.45, 2.75) is 32.9 Å². The molecule has 3 rings (SSSR count). The number of amidine groups is 1. The van der Waals surface area contributed by atoms with Gasteiger partial charge in [0.15, 0.2) is 0 Å².